The van der Waals surface area contributed by atoms with Gasteiger partial charge in [0.15, 0.2) is 6.29 Å². The molecule has 0 spiro atoms. The Hall–Kier alpha value is -1.59. The summed E-state index contributed by atoms with van der Waals surface area (Å²) in [6.45, 7) is 4.06. The second-order valence-electron chi connectivity index (χ2n) is 13.1. The summed E-state index contributed by atoms with van der Waals surface area (Å²) in [4.78, 5) is 11.5. The van der Waals surface area contributed by atoms with Crippen LogP contribution in [0, 0.1) is 22.7 Å². The fraction of sp³-hybridized carbons (Fsp3) is 0.767. The van der Waals surface area contributed by atoms with E-state index in [0.29, 0.717) is 12.3 Å². The van der Waals surface area contributed by atoms with Gasteiger partial charge in [-0.2, -0.15) is 0 Å². The lowest BCUT2D eigenvalue weighted by Gasteiger charge is -2.62. The van der Waals surface area contributed by atoms with E-state index in [1.807, 2.05) is 6.07 Å². The molecule has 5 N–H and O–H groups in total. The molecule has 1 aromatic rings. The van der Waals surface area contributed by atoms with Crippen LogP contribution in [0.2, 0.25) is 0 Å². The summed E-state index contributed by atoms with van der Waals surface area (Å²) in [5, 5.41) is 52.6. The van der Waals surface area contributed by atoms with Crippen LogP contribution in [0.3, 0.4) is 0 Å². The van der Waals surface area contributed by atoms with E-state index in [1.54, 1.807) is 6.26 Å². The van der Waals surface area contributed by atoms with E-state index < -0.39 is 42.9 Å². The Balaban J connectivity index is 1.21. The quantitative estimate of drug-likeness (QED) is 0.357. The highest BCUT2D eigenvalue weighted by molar-refractivity contribution is 5.31. The first kappa shape index (κ1) is 27.6. The number of ether oxygens (including phenoxy) is 2. The topological polar surface area (TPSA) is 150 Å². The zero-order chi connectivity index (χ0) is 27.7. The molecule has 0 amide bonds. The number of hydrogen-bond acceptors (Lipinski definition) is 9. The summed E-state index contributed by atoms with van der Waals surface area (Å²) in [6.07, 6.45) is 3.85. The maximum Gasteiger partial charge on any atom is 0.335 e. The Bertz CT molecular complexity index is 1140. The predicted octanol–water partition coefficient (Wildman–Crippen LogP) is 1.99. The summed E-state index contributed by atoms with van der Waals surface area (Å²) >= 11 is 0. The van der Waals surface area contributed by atoms with Crippen molar-refractivity contribution in [2.75, 3.05) is 6.61 Å². The van der Waals surface area contributed by atoms with Crippen LogP contribution < -0.4 is 5.63 Å². The zero-order valence-corrected chi connectivity index (χ0v) is 22.7. The van der Waals surface area contributed by atoms with Gasteiger partial charge >= 0.3 is 5.63 Å². The van der Waals surface area contributed by atoms with E-state index in [4.69, 9.17) is 13.9 Å². The lowest BCUT2D eigenvalue weighted by atomic mass is 9.45. The molecule has 9 heteroatoms. The third-order valence-electron chi connectivity index (χ3n) is 11.5. The van der Waals surface area contributed by atoms with E-state index in [-0.39, 0.29) is 34.4 Å². The second kappa shape index (κ2) is 9.76. The molecule has 216 valence electrons. The Morgan fingerprint density at radius 2 is 1.77 bits per heavy atom. The van der Waals surface area contributed by atoms with E-state index in [1.165, 1.54) is 11.6 Å². The van der Waals surface area contributed by atoms with Crippen LogP contribution in [-0.2, 0) is 9.47 Å². The van der Waals surface area contributed by atoms with Crippen molar-refractivity contribution in [3.8, 4) is 0 Å². The predicted molar refractivity (Wildman–Crippen MR) is 140 cm³/mol. The summed E-state index contributed by atoms with van der Waals surface area (Å²) in [7, 11) is 0. The number of aliphatic hydroxyl groups is 5. The van der Waals surface area contributed by atoms with Crippen molar-refractivity contribution in [2.45, 2.75) is 114 Å². The van der Waals surface area contributed by atoms with Crippen molar-refractivity contribution < 1.29 is 39.4 Å². The van der Waals surface area contributed by atoms with Gasteiger partial charge < -0.3 is 39.4 Å². The van der Waals surface area contributed by atoms with Gasteiger partial charge in [-0.15, -0.1) is 0 Å². The minimum absolute atomic E-state index is 0.0627. The van der Waals surface area contributed by atoms with Gasteiger partial charge in [-0.25, -0.2) is 4.79 Å². The first-order valence-electron chi connectivity index (χ1n) is 14.5. The molecule has 6 rings (SSSR count). The van der Waals surface area contributed by atoms with Gasteiger partial charge in [-0.05, 0) is 86.2 Å². The molecule has 9 nitrogen and oxygen atoms in total. The maximum absolute atomic E-state index is 12.4. The van der Waals surface area contributed by atoms with Crippen molar-refractivity contribution in [3.63, 3.8) is 0 Å². The van der Waals surface area contributed by atoms with Crippen LogP contribution >= 0.6 is 0 Å². The number of aliphatic hydroxyl groups excluding tert-OH is 4. The number of rotatable bonds is 4. The molecule has 0 unspecified atom stereocenters. The maximum atomic E-state index is 12.4. The molecule has 1 aromatic heterocycles. The molecule has 4 aliphatic carbocycles. The molecule has 0 aromatic carbocycles. The first-order chi connectivity index (χ1) is 18.5. The molecule has 3 saturated carbocycles. The minimum Gasteiger partial charge on any atom is -0.431 e. The zero-order valence-electron chi connectivity index (χ0n) is 22.7. The van der Waals surface area contributed by atoms with E-state index in [2.05, 4.69) is 19.9 Å². The van der Waals surface area contributed by atoms with Crippen LogP contribution in [0.4, 0.5) is 0 Å². The van der Waals surface area contributed by atoms with Crippen LogP contribution in [0.5, 0.6) is 0 Å². The smallest absolute Gasteiger partial charge is 0.335 e. The molecule has 0 bridgehead atoms. The summed E-state index contributed by atoms with van der Waals surface area (Å²) in [6, 6.07) is 3.34. The Labute approximate surface area is 228 Å². The van der Waals surface area contributed by atoms with Crippen LogP contribution in [0.15, 0.2) is 39.3 Å². The third-order valence-corrected chi connectivity index (χ3v) is 11.5. The van der Waals surface area contributed by atoms with Gasteiger partial charge in [0.1, 0.15) is 24.4 Å². The van der Waals surface area contributed by atoms with Crippen molar-refractivity contribution in [2.24, 2.45) is 22.7 Å². The van der Waals surface area contributed by atoms with Crippen LogP contribution in [0.1, 0.15) is 76.7 Å². The molecule has 39 heavy (non-hydrogen) atoms. The molecule has 1 aliphatic heterocycles. The van der Waals surface area contributed by atoms with Crippen molar-refractivity contribution in [1.29, 1.82) is 0 Å². The van der Waals surface area contributed by atoms with E-state index in [9.17, 15) is 30.3 Å². The largest absolute Gasteiger partial charge is 0.431 e. The standard InChI is InChI=1S/C30H42O9/c1-28-10-7-18(38-27-26(35)25(34)24(33)22(14-31)39-27)13-17(28)4-5-21-20(28)8-11-29(2)19(9-12-30(21,29)36)16-3-6-23(32)37-15-16/h3,6,13,15,18-22,24-27,31,33-36H,4-5,7-12,14H2,1-2H3/t18-,19+,20-,21+,22+,24+,25-,26+,27+,28-,29+,30-/m0/s1. The Morgan fingerprint density at radius 3 is 2.49 bits per heavy atom. The van der Waals surface area contributed by atoms with E-state index in [0.717, 1.165) is 50.5 Å². The average Bonchev–Trinajstić information content (AvgIpc) is 3.20. The van der Waals surface area contributed by atoms with Crippen LogP contribution in [-0.4, -0.2) is 74.6 Å². The Morgan fingerprint density at radius 1 is 0.974 bits per heavy atom. The van der Waals surface area contributed by atoms with Crippen molar-refractivity contribution >= 4 is 0 Å². The van der Waals surface area contributed by atoms with Gasteiger partial charge in [0.05, 0.1) is 24.6 Å². The van der Waals surface area contributed by atoms with Crippen LogP contribution in [0.25, 0.3) is 0 Å². The number of hydrogen-bond donors (Lipinski definition) is 5. The monoisotopic (exact) mass is 546 g/mol. The SMILES string of the molecule is C[C@]12CC[C@H](O[C@@H]3O[C@H](CO)[C@@H](O)[C@H](O)[C@H]3O)C=C1CC[C@@H]1[C@@H]2CC[C@]2(C)[C@@H](c3ccc(=O)oc3)CC[C@]12O. The molecule has 5 aliphatic rings. The fourth-order valence-electron chi connectivity index (χ4n) is 9.23. The fourth-order valence-corrected chi connectivity index (χ4v) is 9.23. The van der Waals surface area contributed by atoms with Gasteiger partial charge in [0, 0.05) is 11.5 Å². The molecular formula is C30H42O9. The molecule has 4 fully saturated rings. The van der Waals surface area contributed by atoms with Gasteiger partial charge in [-0.1, -0.05) is 25.5 Å². The van der Waals surface area contributed by atoms with E-state index >= 15 is 0 Å². The second-order valence-corrected chi connectivity index (χ2v) is 13.1. The minimum atomic E-state index is -1.46. The highest BCUT2D eigenvalue weighted by atomic mass is 16.7. The molecular weight excluding hydrogens is 504 g/mol. The van der Waals surface area contributed by atoms with Crippen molar-refractivity contribution in [3.05, 3.63) is 46.0 Å². The molecule has 1 saturated heterocycles. The molecule has 12 atom stereocenters. The summed E-state index contributed by atoms with van der Waals surface area (Å²) < 4.78 is 16.9. The highest BCUT2D eigenvalue weighted by Crippen LogP contribution is 2.70. The lowest BCUT2D eigenvalue weighted by molar-refractivity contribution is -0.308. The van der Waals surface area contributed by atoms with Crippen molar-refractivity contribution in [1.82, 2.24) is 0 Å². The lowest BCUT2D eigenvalue weighted by Crippen LogP contribution is -2.61. The summed E-state index contributed by atoms with van der Waals surface area (Å²) in [5.74, 6) is 0.679. The normalized spacial score (nSPS) is 49.5. The Kier molecular flexibility index (Phi) is 6.90. The van der Waals surface area contributed by atoms with Gasteiger partial charge in [0.25, 0.3) is 0 Å². The average molecular weight is 547 g/mol. The third kappa shape index (κ3) is 4.11. The molecule has 0 radical (unpaired) electrons. The number of fused-ring (bicyclic) bond motifs is 5. The number of allylic oxidation sites excluding steroid dienone is 1. The highest BCUT2D eigenvalue weighted by Gasteiger charge is 2.66. The first-order valence-corrected chi connectivity index (χ1v) is 14.5. The van der Waals surface area contributed by atoms with Gasteiger partial charge in [0.2, 0.25) is 0 Å². The molecule has 2 heterocycles. The van der Waals surface area contributed by atoms with Gasteiger partial charge in [-0.3, -0.25) is 0 Å². The summed E-state index contributed by atoms with van der Waals surface area (Å²) in [5.41, 5.74) is 0.833.